The maximum absolute atomic E-state index is 11.2. The molecule has 0 unspecified atom stereocenters. The molecule has 1 aliphatic rings. The first-order chi connectivity index (χ1) is 6.65. The summed E-state index contributed by atoms with van der Waals surface area (Å²) in [4.78, 5) is 23.7. The van der Waals surface area contributed by atoms with Crippen LogP contribution in [0, 0.1) is 6.92 Å². The molecular weight excluding hydrogens is 184 g/mol. The van der Waals surface area contributed by atoms with Gasteiger partial charge >= 0.3 is 0 Å². The van der Waals surface area contributed by atoms with Gasteiger partial charge in [0.15, 0.2) is 11.5 Å². The van der Waals surface area contributed by atoms with Gasteiger partial charge in [0, 0.05) is 6.07 Å². The topological polar surface area (TPSA) is 63.4 Å². The van der Waals surface area contributed by atoms with E-state index in [0.29, 0.717) is 12.3 Å². The zero-order valence-electron chi connectivity index (χ0n) is 7.82. The van der Waals surface area contributed by atoms with Crippen LogP contribution in [0.15, 0.2) is 10.6 Å². The number of carbonyl (C=O) groups is 2. The molecule has 74 valence electrons. The van der Waals surface area contributed by atoms with Crippen molar-refractivity contribution in [3.63, 3.8) is 0 Å². The van der Waals surface area contributed by atoms with Crippen LogP contribution in [-0.2, 0) is 16.1 Å². The van der Waals surface area contributed by atoms with E-state index in [-0.39, 0.29) is 24.7 Å². The fourth-order valence-corrected chi connectivity index (χ4v) is 1.46. The lowest BCUT2D eigenvalue weighted by Gasteiger charge is -2.10. The Morgan fingerprint density at radius 2 is 2.36 bits per heavy atom. The molecule has 2 heterocycles. The fraction of sp³-hybridized carbons (Fsp3) is 0.444. The molecule has 5 heteroatoms. The first-order valence-corrected chi connectivity index (χ1v) is 4.37. The highest BCUT2D eigenvalue weighted by Gasteiger charge is 2.27. The summed E-state index contributed by atoms with van der Waals surface area (Å²) in [6.07, 6.45) is 0.0210. The fourth-order valence-electron chi connectivity index (χ4n) is 1.46. The Labute approximate surface area is 80.7 Å². The summed E-state index contributed by atoms with van der Waals surface area (Å²) in [6.45, 7) is 2.34. The minimum atomic E-state index is -0.135. The number of ketones is 1. The van der Waals surface area contributed by atoms with Gasteiger partial charge in [-0.15, -0.1) is 0 Å². The maximum atomic E-state index is 11.2. The van der Waals surface area contributed by atoms with Gasteiger partial charge in [0.25, 0.3) is 0 Å². The molecule has 14 heavy (non-hydrogen) atoms. The monoisotopic (exact) mass is 194 g/mol. The van der Waals surface area contributed by atoms with Gasteiger partial charge in [-0.1, -0.05) is 5.16 Å². The Balaban J connectivity index is 2.05. The summed E-state index contributed by atoms with van der Waals surface area (Å²) in [5.74, 6) is 0.445. The van der Waals surface area contributed by atoms with Gasteiger partial charge in [-0.2, -0.15) is 0 Å². The Kier molecular flexibility index (Phi) is 2.07. The van der Waals surface area contributed by atoms with Crippen molar-refractivity contribution in [3.05, 3.63) is 17.5 Å². The van der Waals surface area contributed by atoms with Crippen molar-refractivity contribution in [1.82, 2.24) is 10.1 Å². The van der Waals surface area contributed by atoms with Crippen LogP contribution in [-0.4, -0.2) is 28.3 Å². The van der Waals surface area contributed by atoms with Crippen LogP contribution in [0.1, 0.15) is 17.9 Å². The van der Waals surface area contributed by atoms with E-state index in [1.165, 1.54) is 4.90 Å². The Morgan fingerprint density at radius 1 is 1.57 bits per heavy atom. The number of amides is 1. The second-order valence-electron chi connectivity index (χ2n) is 3.40. The van der Waals surface area contributed by atoms with Crippen molar-refractivity contribution in [2.75, 3.05) is 6.54 Å². The van der Waals surface area contributed by atoms with Crippen molar-refractivity contribution >= 4 is 11.7 Å². The number of aryl methyl sites for hydroxylation is 1. The van der Waals surface area contributed by atoms with Crippen LogP contribution in [0.2, 0.25) is 0 Å². The van der Waals surface area contributed by atoms with Gasteiger partial charge in [-0.3, -0.25) is 9.59 Å². The zero-order chi connectivity index (χ0) is 10.1. The van der Waals surface area contributed by atoms with Crippen LogP contribution in [0.5, 0.6) is 0 Å². The summed E-state index contributed by atoms with van der Waals surface area (Å²) in [6, 6.07) is 1.76. The van der Waals surface area contributed by atoms with Crippen LogP contribution in [0.25, 0.3) is 0 Å². The van der Waals surface area contributed by atoms with Crippen molar-refractivity contribution < 1.29 is 14.1 Å². The molecular formula is C9H10N2O3. The van der Waals surface area contributed by atoms with Gasteiger partial charge in [0.1, 0.15) is 0 Å². The van der Waals surface area contributed by atoms with E-state index in [1.807, 2.05) is 6.92 Å². The second kappa shape index (κ2) is 3.25. The molecule has 0 radical (unpaired) electrons. The van der Waals surface area contributed by atoms with E-state index >= 15 is 0 Å². The highest BCUT2D eigenvalue weighted by molar-refractivity contribution is 6.05. The Hall–Kier alpha value is -1.65. The van der Waals surface area contributed by atoms with Gasteiger partial charge in [-0.05, 0) is 6.92 Å². The summed E-state index contributed by atoms with van der Waals surface area (Å²) in [5.41, 5.74) is 0.776. The van der Waals surface area contributed by atoms with E-state index in [4.69, 9.17) is 4.52 Å². The molecule has 0 bridgehead atoms. The molecule has 0 spiro atoms. The highest BCUT2D eigenvalue weighted by atomic mass is 16.5. The number of carbonyl (C=O) groups excluding carboxylic acids is 2. The quantitative estimate of drug-likeness (QED) is 0.634. The zero-order valence-corrected chi connectivity index (χ0v) is 7.82. The third-order valence-corrected chi connectivity index (χ3v) is 2.09. The van der Waals surface area contributed by atoms with Gasteiger partial charge in [0.2, 0.25) is 5.91 Å². The smallest absolute Gasteiger partial charge is 0.230 e. The summed E-state index contributed by atoms with van der Waals surface area (Å²) in [5, 5.41) is 3.70. The first kappa shape index (κ1) is 8.93. The highest BCUT2D eigenvalue weighted by Crippen LogP contribution is 2.12. The minimum absolute atomic E-state index is 0.0210. The number of hydrogen-bond donors (Lipinski definition) is 0. The molecule has 0 atom stereocenters. The van der Waals surface area contributed by atoms with Gasteiger partial charge < -0.3 is 9.42 Å². The molecule has 1 fully saturated rings. The second-order valence-corrected chi connectivity index (χ2v) is 3.40. The molecule has 0 aliphatic carbocycles. The standard InChI is InChI=1S/C9H10N2O3/c1-6-2-8(14-10-6)5-11-4-7(12)3-9(11)13/h2H,3-5H2,1H3. The van der Waals surface area contributed by atoms with Crippen LogP contribution < -0.4 is 0 Å². The summed E-state index contributed by atoms with van der Waals surface area (Å²) >= 11 is 0. The van der Waals surface area contributed by atoms with E-state index in [9.17, 15) is 9.59 Å². The van der Waals surface area contributed by atoms with E-state index in [2.05, 4.69) is 5.16 Å². The number of aromatic nitrogens is 1. The molecule has 0 N–H and O–H groups in total. The van der Waals surface area contributed by atoms with Crippen molar-refractivity contribution in [1.29, 1.82) is 0 Å². The van der Waals surface area contributed by atoms with Crippen molar-refractivity contribution in [3.8, 4) is 0 Å². The van der Waals surface area contributed by atoms with Crippen LogP contribution >= 0.6 is 0 Å². The first-order valence-electron chi connectivity index (χ1n) is 4.37. The lowest BCUT2D eigenvalue weighted by molar-refractivity contribution is -0.128. The molecule has 1 amide bonds. The molecule has 2 rings (SSSR count). The predicted molar refractivity (Wildman–Crippen MR) is 46.3 cm³/mol. The average Bonchev–Trinajstić information content (AvgIpc) is 2.61. The lowest BCUT2D eigenvalue weighted by atomic mass is 10.3. The average molecular weight is 194 g/mol. The van der Waals surface area contributed by atoms with E-state index in [0.717, 1.165) is 5.69 Å². The third-order valence-electron chi connectivity index (χ3n) is 2.09. The number of hydrogen-bond acceptors (Lipinski definition) is 4. The molecule has 1 aliphatic heterocycles. The van der Waals surface area contributed by atoms with E-state index in [1.54, 1.807) is 6.07 Å². The van der Waals surface area contributed by atoms with E-state index < -0.39 is 0 Å². The molecule has 1 saturated heterocycles. The van der Waals surface area contributed by atoms with Crippen LogP contribution in [0.4, 0.5) is 0 Å². The molecule has 0 saturated carbocycles. The molecule has 0 aromatic carbocycles. The third kappa shape index (κ3) is 1.66. The number of Topliss-reactive ketones (excluding diaryl/α,β-unsaturated/α-hetero) is 1. The number of nitrogens with zero attached hydrogens (tertiary/aromatic N) is 2. The van der Waals surface area contributed by atoms with Gasteiger partial charge in [-0.25, -0.2) is 0 Å². The Morgan fingerprint density at radius 3 is 2.86 bits per heavy atom. The number of likely N-dealkylation sites (tertiary alicyclic amines) is 1. The Bertz CT molecular complexity index is 383. The van der Waals surface area contributed by atoms with Gasteiger partial charge in [0.05, 0.1) is 25.2 Å². The largest absolute Gasteiger partial charge is 0.359 e. The van der Waals surface area contributed by atoms with Crippen molar-refractivity contribution in [2.24, 2.45) is 0 Å². The SMILES string of the molecule is Cc1cc(CN2CC(=O)CC2=O)on1. The molecule has 1 aromatic rings. The summed E-state index contributed by atoms with van der Waals surface area (Å²) < 4.78 is 4.95. The number of rotatable bonds is 2. The normalized spacial score (nSPS) is 16.8. The maximum Gasteiger partial charge on any atom is 0.230 e. The summed E-state index contributed by atoms with van der Waals surface area (Å²) in [7, 11) is 0. The lowest BCUT2D eigenvalue weighted by Crippen LogP contribution is -2.24. The van der Waals surface area contributed by atoms with Crippen LogP contribution in [0.3, 0.4) is 0 Å². The molecule has 5 nitrogen and oxygen atoms in total. The minimum Gasteiger partial charge on any atom is -0.359 e. The van der Waals surface area contributed by atoms with Crippen molar-refractivity contribution in [2.45, 2.75) is 19.9 Å². The predicted octanol–water partition coefficient (Wildman–Crippen LogP) is 0.284. The molecule has 1 aromatic heterocycles.